The molecule has 0 saturated carbocycles. The molecular formula is C16H17F6NO5S. The van der Waals surface area contributed by atoms with Gasteiger partial charge in [-0.15, -0.1) is 0 Å². The van der Waals surface area contributed by atoms with Crippen molar-refractivity contribution in [1.82, 2.24) is 0 Å². The fraction of sp³-hybridized carbons (Fsp3) is 0.500. The molecule has 0 atom stereocenters. The van der Waals surface area contributed by atoms with Gasteiger partial charge in [-0.05, 0) is 38.8 Å². The number of benzene rings is 1. The first-order valence-corrected chi connectivity index (χ1v) is 9.33. The van der Waals surface area contributed by atoms with E-state index in [-0.39, 0.29) is 11.1 Å². The summed E-state index contributed by atoms with van der Waals surface area (Å²) in [4.78, 5) is 11.2. The van der Waals surface area contributed by atoms with E-state index in [4.69, 9.17) is 0 Å². The second-order valence-corrected chi connectivity index (χ2v) is 7.44. The zero-order chi connectivity index (χ0) is 22.8. The first-order chi connectivity index (χ1) is 13.0. The summed E-state index contributed by atoms with van der Waals surface area (Å²) >= 11 is 0. The quantitative estimate of drug-likeness (QED) is 0.284. The Balaban J connectivity index is 3.54. The number of ether oxygens (including phenoxy) is 1. The van der Waals surface area contributed by atoms with Crippen molar-refractivity contribution in [1.29, 1.82) is 0 Å². The molecule has 1 aromatic rings. The van der Waals surface area contributed by atoms with Crippen molar-refractivity contribution in [3.63, 3.8) is 0 Å². The van der Waals surface area contributed by atoms with Crippen LogP contribution in [0.1, 0.15) is 23.6 Å². The molecule has 0 bridgehead atoms. The smallest absolute Gasteiger partial charge is 0.406 e. The van der Waals surface area contributed by atoms with Crippen LogP contribution in [0.15, 0.2) is 22.2 Å². The minimum absolute atomic E-state index is 0.124. The van der Waals surface area contributed by atoms with E-state index in [9.17, 15) is 39.6 Å². The molecule has 6 nitrogen and oxygen atoms in total. The topological polar surface area (TPSA) is 82.0 Å². The number of aryl methyl sites for hydroxylation is 3. The number of alkyl halides is 6. The number of hydrogen-bond acceptors (Lipinski definition) is 6. The lowest BCUT2D eigenvalue weighted by atomic mass is 10.0. The third-order valence-corrected chi connectivity index (χ3v) is 4.92. The van der Waals surface area contributed by atoms with Crippen LogP contribution in [0.2, 0.25) is 0 Å². The van der Waals surface area contributed by atoms with Gasteiger partial charge in [0, 0.05) is 0 Å². The van der Waals surface area contributed by atoms with Crippen molar-refractivity contribution in [2.45, 2.75) is 44.9 Å². The second kappa shape index (κ2) is 8.59. The molecule has 0 saturated heterocycles. The van der Waals surface area contributed by atoms with E-state index >= 15 is 0 Å². The van der Waals surface area contributed by atoms with Gasteiger partial charge >= 0.3 is 28.4 Å². The predicted molar refractivity (Wildman–Crippen MR) is 88.6 cm³/mol. The second-order valence-electron chi connectivity index (χ2n) is 5.97. The predicted octanol–water partition coefficient (Wildman–Crippen LogP) is 3.98. The number of carbonyl (C=O) groups is 1. The molecule has 1 aromatic carbocycles. The Kier molecular flexibility index (Phi) is 7.33. The van der Waals surface area contributed by atoms with E-state index < -0.39 is 51.6 Å². The van der Waals surface area contributed by atoms with Crippen LogP contribution >= 0.6 is 0 Å². The fourth-order valence-corrected chi connectivity index (χ4v) is 3.76. The number of carbonyl (C=O) groups excluding carboxylic acids is 1. The first-order valence-electron chi connectivity index (χ1n) is 7.92. The standard InChI is InChI=1S/C16H17F6NO5S/c1-5-27-14(24)11(13(15(17,18)19)16(20,21)22)23-28-29(25,26)12-9(3)6-8(2)7-10(12)4/h6-7,13H,5H2,1-4H3/b23-11-. The van der Waals surface area contributed by atoms with Gasteiger partial charge in [0.05, 0.1) is 6.61 Å². The molecule has 0 aromatic heterocycles. The minimum Gasteiger partial charge on any atom is -0.461 e. The third-order valence-electron chi connectivity index (χ3n) is 3.50. The molecule has 0 fully saturated rings. The first kappa shape index (κ1) is 24.7. The van der Waals surface area contributed by atoms with E-state index in [0.717, 1.165) is 6.92 Å². The highest BCUT2D eigenvalue weighted by atomic mass is 32.2. The number of esters is 1. The Morgan fingerprint density at radius 1 is 1.03 bits per heavy atom. The van der Waals surface area contributed by atoms with Crippen molar-refractivity contribution < 1.29 is 48.6 Å². The van der Waals surface area contributed by atoms with Crippen molar-refractivity contribution in [2.24, 2.45) is 11.1 Å². The average Bonchev–Trinajstić information content (AvgIpc) is 2.47. The highest BCUT2D eigenvalue weighted by molar-refractivity contribution is 7.86. The Morgan fingerprint density at radius 3 is 1.86 bits per heavy atom. The maximum absolute atomic E-state index is 13.0. The van der Waals surface area contributed by atoms with Gasteiger partial charge in [-0.3, -0.25) is 4.28 Å². The van der Waals surface area contributed by atoms with Crippen molar-refractivity contribution in [3.05, 3.63) is 28.8 Å². The monoisotopic (exact) mass is 449 g/mol. The SMILES string of the molecule is CCOC(=O)/C(=N\OS(=O)(=O)c1c(C)cc(C)cc1C)C(C(F)(F)F)C(F)(F)F. The van der Waals surface area contributed by atoms with Gasteiger partial charge in [0.25, 0.3) is 0 Å². The molecule has 0 spiro atoms. The summed E-state index contributed by atoms with van der Waals surface area (Å²) < 4.78 is 111. The maximum atomic E-state index is 13.0. The molecule has 0 aliphatic heterocycles. The van der Waals surface area contributed by atoms with Gasteiger partial charge < -0.3 is 4.74 Å². The molecule has 0 heterocycles. The highest BCUT2D eigenvalue weighted by Gasteiger charge is 2.62. The highest BCUT2D eigenvalue weighted by Crippen LogP contribution is 2.40. The molecule has 164 valence electrons. The number of oxime groups is 1. The molecule has 0 radical (unpaired) electrons. The van der Waals surface area contributed by atoms with Gasteiger partial charge in [-0.25, -0.2) is 4.79 Å². The van der Waals surface area contributed by atoms with Gasteiger partial charge in [0.2, 0.25) is 5.92 Å². The van der Waals surface area contributed by atoms with E-state index in [2.05, 4.69) is 14.2 Å². The van der Waals surface area contributed by atoms with Crippen LogP contribution in [0.25, 0.3) is 0 Å². The van der Waals surface area contributed by atoms with Crippen LogP contribution < -0.4 is 0 Å². The molecule has 0 aliphatic carbocycles. The molecule has 1 rings (SSSR count). The molecule has 13 heteroatoms. The van der Waals surface area contributed by atoms with Crippen LogP contribution in [-0.4, -0.2) is 39.1 Å². The fourth-order valence-electron chi connectivity index (χ4n) is 2.60. The normalized spacial score (nSPS) is 13.6. The summed E-state index contributed by atoms with van der Waals surface area (Å²) in [5, 5.41) is 2.44. The average molecular weight is 449 g/mol. The number of nitrogens with zero attached hydrogens (tertiary/aromatic N) is 1. The minimum atomic E-state index is -6.01. The van der Waals surface area contributed by atoms with Gasteiger partial charge in [0.1, 0.15) is 4.90 Å². The number of rotatable bonds is 6. The van der Waals surface area contributed by atoms with Crippen LogP contribution in [0.4, 0.5) is 26.3 Å². The van der Waals surface area contributed by atoms with Crippen LogP contribution in [0, 0.1) is 26.7 Å². The number of hydrogen-bond donors (Lipinski definition) is 0. The summed E-state index contributed by atoms with van der Waals surface area (Å²) in [6, 6.07) is 2.82. The van der Waals surface area contributed by atoms with Gasteiger partial charge in [0.15, 0.2) is 5.71 Å². The molecule has 0 N–H and O–H groups in total. The molecule has 0 aliphatic rings. The Morgan fingerprint density at radius 2 is 1.48 bits per heavy atom. The van der Waals surface area contributed by atoms with Crippen molar-refractivity contribution >= 4 is 21.8 Å². The van der Waals surface area contributed by atoms with E-state index in [1.54, 1.807) is 6.92 Å². The lowest BCUT2D eigenvalue weighted by molar-refractivity contribution is -0.261. The van der Waals surface area contributed by atoms with E-state index in [0.29, 0.717) is 5.56 Å². The zero-order valence-corrected chi connectivity index (χ0v) is 16.4. The summed E-state index contributed by atoms with van der Waals surface area (Å²) in [7, 11) is -4.94. The Labute approximate surface area is 162 Å². The van der Waals surface area contributed by atoms with Gasteiger partial charge in [-0.1, -0.05) is 22.9 Å². The number of halogens is 6. The Hall–Kier alpha value is -2.31. The van der Waals surface area contributed by atoms with Crippen LogP contribution in [0.3, 0.4) is 0 Å². The lowest BCUT2D eigenvalue weighted by Crippen LogP contribution is -2.46. The van der Waals surface area contributed by atoms with E-state index in [1.807, 2.05) is 0 Å². The molecule has 0 amide bonds. The maximum Gasteiger partial charge on any atom is 0.406 e. The summed E-state index contributed by atoms with van der Waals surface area (Å²) in [6.45, 7) is 4.89. The van der Waals surface area contributed by atoms with Crippen molar-refractivity contribution in [3.8, 4) is 0 Å². The molecule has 0 unspecified atom stereocenters. The Bertz CT molecular complexity index is 868. The third kappa shape index (κ3) is 6.08. The summed E-state index contributed by atoms with van der Waals surface area (Å²) in [5.74, 6) is -6.51. The molecule has 29 heavy (non-hydrogen) atoms. The van der Waals surface area contributed by atoms with Crippen LogP contribution in [-0.2, 0) is 23.9 Å². The zero-order valence-electron chi connectivity index (χ0n) is 15.6. The summed E-state index contributed by atoms with van der Waals surface area (Å²) in [6.07, 6.45) is -12.0. The largest absolute Gasteiger partial charge is 0.461 e. The summed E-state index contributed by atoms with van der Waals surface area (Å²) in [5.41, 5.74) is -1.38. The lowest BCUT2D eigenvalue weighted by Gasteiger charge is -2.22. The van der Waals surface area contributed by atoms with Gasteiger partial charge in [-0.2, -0.15) is 34.8 Å². The van der Waals surface area contributed by atoms with Crippen molar-refractivity contribution in [2.75, 3.05) is 6.61 Å². The van der Waals surface area contributed by atoms with Crippen LogP contribution in [0.5, 0.6) is 0 Å². The van der Waals surface area contributed by atoms with E-state index in [1.165, 1.54) is 26.0 Å². The molecular weight excluding hydrogens is 432 g/mol.